The average molecular weight is 357 g/mol. The first-order chi connectivity index (χ1) is 9.67. The number of aromatic nitrogens is 1. The molecule has 20 heavy (non-hydrogen) atoms. The summed E-state index contributed by atoms with van der Waals surface area (Å²) < 4.78 is 6.63. The molecule has 2 rings (SSSR count). The first-order valence-corrected chi connectivity index (χ1v) is 7.28. The van der Waals surface area contributed by atoms with Gasteiger partial charge in [0.1, 0.15) is 12.4 Å². The van der Waals surface area contributed by atoms with E-state index in [-0.39, 0.29) is 6.04 Å². The van der Waals surface area contributed by atoms with E-state index < -0.39 is 0 Å². The average Bonchev–Trinajstić information content (AvgIpc) is 2.45. The lowest BCUT2D eigenvalue weighted by Gasteiger charge is -2.17. The number of nitrogens with two attached hydrogens (primary N) is 1. The van der Waals surface area contributed by atoms with Gasteiger partial charge in [0.15, 0.2) is 0 Å². The van der Waals surface area contributed by atoms with E-state index in [1.807, 2.05) is 24.4 Å². The van der Waals surface area contributed by atoms with Crippen molar-refractivity contribution < 1.29 is 4.74 Å². The Labute approximate surface area is 131 Å². The normalized spacial score (nSPS) is 12.2. The molecule has 0 fully saturated rings. The lowest BCUT2D eigenvalue weighted by Crippen LogP contribution is -2.41. The molecule has 3 N–H and O–H groups in total. The number of nitrogens with zero attached hydrogens (tertiary/aromatic N) is 1. The van der Waals surface area contributed by atoms with E-state index in [4.69, 9.17) is 22.2 Å². The molecule has 0 aliphatic rings. The minimum Gasteiger partial charge on any atom is -0.492 e. The largest absolute Gasteiger partial charge is 0.492 e. The third-order valence-electron chi connectivity index (χ3n) is 2.74. The summed E-state index contributed by atoms with van der Waals surface area (Å²) in [5.41, 5.74) is 3.84. The molecule has 2 aromatic rings. The van der Waals surface area contributed by atoms with E-state index in [9.17, 15) is 0 Å². The highest BCUT2D eigenvalue weighted by Crippen LogP contribution is 2.16. The van der Waals surface area contributed by atoms with Crippen molar-refractivity contribution >= 4 is 27.5 Å². The number of rotatable bonds is 6. The van der Waals surface area contributed by atoms with Crippen molar-refractivity contribution in [1.29, 1.82) is 0 Å². The maximum Gasteiger partial charge on any atom is 0.119 e. The molecule has 0 saturated carbocycles. The summed E-state index contributed by atoms with van der Waals surface area (Å²) in [5.74, 6) is 6.33. The Bertz CT molecular complexity index is 550. The van der Waals surface area contributed by atoms with Gasteiger partial charge in [0, 0.05) is 21.9 Å². The van der Waals surface area contributed by atoms with Gasteiger partial charge in [-0.05, 0) is 58.2 Å². The van der Waals surface area contributed by atoms with Gasteiger partial charge < -0.3 is 4.74 Å². The van der Waals surface area contributed by atoms with E-state index in [2.05, 4.69) is 26.3 Å². The predicted octanol–water partition coefficient (Wildman–Crippen LogP) is 2.95. The monoisotopic (exact) mass is 355 g/mol. The van der Waals surface area contributed by atoms with E-state index in [0.717, 1.165) is 22.2 Å². The number of benzene rings is 1. The van der Waals surface area contributed by atoms with Gasteiger partial charge in [0.2, 0.25) is 0 Å². The molecule has 0 bridgehead atoms. The molecule has 106 valence electrons. The standard InChI is InChI=1S/C14H15BrClN3O/c15-11-5-10(7-18-8-11)6-13(19-17)9-20-14-3-1-12(16)2-4-14/h1-5,7-8,13,19H,6,9,17H2. The summed E-state index contributed by atoms with van der Waals surface area (Å²) in [7, 11) is 0. The molecule has 1 aromatic carbocycles. The van der Waals surface area contributed by atoms with Crippen molar-refractivity contribution in [3.8, 4) is 5.75 Å². The zero-order valence-corrected chi connectivity index (χ0v) is 13.1. The van der Waals surface area contributed by atoms with Crippen molar-refractivity contribution in [2.24, 2.45) is 5.84 Å². The molecule has 0 saturated heterocycles. The molecule has 1 atom stereocenters. The maximum atomic E-state index is 5.82. The zero-order chi connectivity index (χ0) is 14.4. The molecule has 0 aliphatic heterocycles. The third kappa shape index (κ3) is 4.76. The Kier molecular flexibility index (Phi) is 5.79. The fourth-order valence-electron chi connectivity index (χ4n) is 1.75. The Morgan fingerprint density at radius 1 is 1.30 bits per heavy atom. The summed E-state index contributed by atoms with van der Waals surface area (Å²) >= 11 is 9.22. The van der Waals surface area contributed by atoms with Gasteiger partial charge >= 0.3 is 0 Å². The molecule has 0 radical (unpaired) electrons. The topological polar surface area (TPSA) is 60.2 Å². The van der Waals surface area contributed by atoms with Crippen LogP contribution in [-0.4, -0.2) is 17.6 Å². The van der Waals surface area contributed by atoms with Crippen LogP contribution in [0.15, 0.2) is 47.2 Å². The molecule has 6 heteroatoms. The van der Waals surface area contributed by atoms with Crippen molar-refractivity contribution in [1.82, 2.24) is 10.4 Å². The van der Waals surface area contributed by atoms with Crippen molar-refractivity contribution in [2.75, 3.05) is 6.61 Å². The summed E-state index contributed by atoms with van der Waals surface area (Å²) in [6.45, 7) is 0.463. The van der Waals surface area contributed by atoms with Crippen LogP contribution >= 0.6 is 27.5 Å². The second-order valence-electron chi connectivity index (χ2n) is 4.34. The first kappa shape index (κ1) is 15.3. The summed E-state index contributed by atoms with van der Waals surface area (Å²) in [6.07, 6.45) is 4.30. The van der Waals surface area contributed by atoms with Crippen LogP contribution < -0.4 is 16.0 Å². The first-order valence-electron chi connectivity index (χ1n) is 6.11. The van der Waals surface area contributed by atoms with Gasteiger partial charge in [-0.2, -0.15) is 0 Å². The van der Waals surface area contributed by atoms with Crippen molar-refractivity contribution in [3.05, 3.63) is 57.8 Å². The molecular formula is C14H15BrClN3O. The number of nitrogens with one attached hydrogen (secondary N) is 1. The van der Waals surface area contributed by atoms with Crippen LogP contribution in [-0.2, 0) is 6.42 Å². The fraction of sp³-hybridized carbons (Fsp3) is 0.214. The van der Waals surface area contributed by atoms with Gasteiger partial charge in [-0.3, -0.25) is 16.3 Å². The minimum absolute atomic E-state index is 0.00165. The smallest absolute Gasteiger partial charge is 0.119 e. The van der Waals surface area contributed by atoms with Crippen molar-refractivity contribution in [3.63, 3.8) is 0 Å². The van der Waals surface area contributed by atoms with Gasteiger partial charge in [0.25, 0.3) is 0 Å². The minimum atomic E-state index is 0.00165. The summed E-state index contributed by atoms with van der Waals surface area (Å²) in [6, 6.07) is 9.26. The molecule has 0 aliphatic carbocycles. The van der Waals surface area contributed by atoms with Gasteiger partial charge in [-0.1, -0.05) is 11.6 Å². The zero-order valence-electron chi connectivity index (χ0n) is 10.7. The third-order valence-corrected chi connectivity index (χ3v) is 3.43. The van der Waals surface area contributed by atoms with E-state index in [0.29, 0.717) is 11.6 Å². The number of hydrogen-bond acceptors (Lipinski definition) is 4. The Hall–Kier alpha value is -1.14. The van der Waals surface area contributed by atoms with Crippen LogP contribution in [0.25, 0.3) is 0 Å². The summed E-state index contributed by atoms with van der Waals surface area (Å²) in [5, 5.41) is 0.686. The number of hydrazine groups is 1. The number of halogens is 2. The highest BCUT2D eigenvalue weighted by molar-refractivity contribution is 9.10. The molecule has 4 nitrogen and oxygen atoms in total. The SMILES string of the molecule is NNC(COc1ccc(Cl)cc1)Cc1cncc(Br)c1. The van der Waals surface area contributed by atoms with Crippen LogP contribution in [0, 0.1) is 0 Å². The fourth-order valence-corrected chi connectivity index (χ4v) is 2.28. The number of hydrogen-bond donors (Lipinski definition) is 2. The second-order valence-corrected chi connectivity index (χ2v) is 5.70. The quantitative estimate of drug-likeness (QED) is 0.617. The van der Waals surface area contributed by atoms with E-state index >= 15 is 0 Å². The van der Waals surface area contributed by atoms with Crippen LogP contribution in [0.2, 0.25) is 5.02 Å². The number of ether oxygens (including phenoxy) is 1. The van der Waals surface area contributed by atoms with Crippen LogP contribution in [0.1, 0.15) is 5.56 Å². The van der Waals surface area contributed by atoms with E-state index in [1.54, 1.807) is 18.3 Å². The van der Waals surface area contributed by atoms with Crippen LogP contribution in [0.3, 0.4) is 0 Å². The molecular weight excluding hydrogens is 342 g/mol. The highest BCUT2D eigenvalue weighted by atomic mass is 79.9. The number of pyridine rings is 1. The Morgan fingerprint density at radius 2 is 2.05 bits per heavy atom. The van der Waals surface area contributed by atoms with Gasteiger partial charge in [-0.25, -0.2) is 0 Å². The molecule has 1 unspecified atom stereocenters. The van der Waals surface area contributed by atoms with Gasteiger partial charge in [0.05, 0.1) is 6.04 Å². The molecule has 1 aromatic heterocycles. The Morgan fingerprint density at radius 3 is 2.70 bits per heavy atom. The second kappa shape index (κ2) is 7.59. The lowest BCUT2D eigenvalue weighted by molar-refractivity contribution is 0.264. The maximum absolute atomic E-state index is 5.82. The van der Waals surface area contributed by atoms with Gasteiger partial charge in [-0.15, -0.1) is 0 Å². The highest BCUT2D eigenvalue weighted by Gasteiger charge is 2.09. The van der Waals surface area contributed by atoms with E-state index in [1.165, 1.54) is 0 Å². The van der Waals surface area contributed by atoms with Crippen molar-refractivity contribution in [2.45, 2.75) is 12.5 Å². The molecule has 1 heterocycles. The van der Waals surface area contributed by atoms with Crippen LogP contribution in [0.4, 0.5) is 0 Å². The molecule has 0 amide bonds. The lowest BCUT2D eigenvalue weighted by atomic mass is 10.1. The summed E-state index contributed by atoms with van der Waals surface area (Å²) in [4.78, 5) is 4.13. The molecule has 0 spiro atoms. The van der Waals surface area contributed by atoms with Crippen LogP contribution in [0.5, 0.6) is 5.75 Å². The Balaban J connectivity index is 1.90. The predicted molar refractivity (Wildman–Crippen MR) is 83.7 cm³/mol.